The first-order valence-electron chi connectivity index (χ1n) is 6.46. The predicted octanol–water partition coefficient (Wildman–Crippen LogP) is 2.34. The maximum atomic E-state index is 13.4. The topological polar surface area (TPSA) is 74.8 Å². The first-order valence-corrected chi connectivity index (χ1v) is 7.44. The lowest BCUT2D eigenvalue weighted by atomic mass is 10.3. The number of nitrogens with zero attached hydrogens (tertiary/aromatic N) is 1. The average molecular weight is 325 g/mol. The number of carbonyl (C=O) groups is 1. The lowest BCUT2D eigenvalue weighted by Gasteiger charge is -2.06. The Morgan fingerprint density at radius 3 is 2.82 bits per heavy atom. The van der Waals surface area contributed by atoms with Gasteiger partial charge in [-0.1, -0.05) is 18.7 Å². The highest BCUT2D eigenvalue weighted by Gasteiger charge is 2.10. The van der Waals surface area contributed by atoms with Gasteiger partial charge in [0, 0.05) is 17.8 Å². The third-order valence-corrected chi connectivity index (χ3v) is 3.55. The molecule has 0 aliphatic heterocycles. The fraction of sp³-hybridized carbons (Fsp3) is 0.214. The van der Waals surface area contributed by atoms with Gasteiger partial charge in [-0.15, -0.1) is 0 Å². The van der Waals surface area contributed by atoms with Crippen LogP contribution < -0.4 is 10.9 Å². The fourth-order valence-corrected chi connectivity index (χ4v) is 2.34. The first kappa shape index (κ1) is 16.2. The highest BCUT2D eigenvalue weighted by atomic mass is 32.2. The second-order valence-electron chi connectivity index (χ2n) is 4.36. The molecule has 0 aliphatic rings. The number of hydrogen-bond acceptors (Lipinski definition) is 4. The quantitative estimate of drug-likeness (QED) is 0.653. The van der Waals surface area contributed by atoms with Crippen molar-refractivity contribution in [2.45, 2.75) is 18.5 Å². The van der Waals surface area contributed by atoms with E-state index in [0.29, 0.717) is 23.3 Å². The molecule has 0 bridgehead atoms. The van der Waals surface area contributed by atoms with Crippen molar-refractivity contribution in [3.63, 3.8) is 0 Å². The van der Waals surface area contributed by atoms with Crippen molar-refractivity contribution in [3.8, 4) is 0 Å². The average Bonchev–Trinajstić information content (AvgIpc) is 2.47. The van der Waals surface area contributed by atoms with E-state index in [2.05, 4.69) is 15.3 Å². The van der Waals surface area contributed by atoms with Crippen molar-refractivity contribution in [1.82, 2.24) is 9.97 Å². The summed E-state index contributed by atoms with van der Waals surface area (Å²) in [5.41, 5.74) is 0.228. The number of aromatic nitrogens is 2. The smallest absolute Gasteiger partial charge is 0.251 e. The number of thioether (sulfide) groups is 1. The van der Waals surface area contributed by atoms with Crippen LogP contribution in [0.15, 0.2) is 34.2 Å². The summed E-state index contributed by atoms with van der Waals surface area (Å²) >= 11 is 1.03. The molecule has 0 atom stereocenters. The van der Waals surface area contributed by atoms with E-state index in [-0.39, 0.29) is 17.0 Å². The third-order valence-electron chi connectivity index (χ3n) is 2.68. The minimum absolute atomic E-state index is 0.0626. The van der Waals surface area contributed by atoms with Gasteiger partial charge in [0.1, 0.15) is 11.6 Å². The molecule has 116 valence electrons. The minimum Gasteiger partial charge on any atom is -0.323 e. The van der Waals surface area contributed by atoms with Crippen LogP contribution in [0.3, 0.4) is 0 Å². The van der Waals surface area contributed by atoms with Crippen molar-refractivity contribution in [2.24, 2.45) is 0 Å². The van der Waals surface area contributed by atoms with Crippen LogP contribution in [0.5, 0.6) is 0 Å². The van der Waals surface area contributed by atoms with Crippen molar-refractivity contribution in [1.29, 1.82) is 0 Å². The van der Waals surface area contributed by atoms with Gasteiger partial charge in [0.05, 0.1) is 11.4 Å². The number of aryl methyl sites for hydroxylation is 1. The number of carbonyl (C=O) groups excluding carboxylic acids is 1. The second kappa shape index (κ2) is 7.17. The summed E-state index contributed by atoms with van der Waals surface area (Å²) in [5, 5.41) is 2.65. The molecule has 2 aromatic rings. The normalized spacial score (nSPS) is 10.5. The molecule has 1 aromatic heterocycles. The molecule has 0 aliphatic carbocycles. The summed E-state index contributed by atoms with van der Waals surface area (Å²) < 4.78 is 26.2. The molecule has 1 heterocycles. The van der Waals surface area contributed by atoms with E-state index in [1.807, 2.05) is 6.92 Å². The lowest BCUT2D eigenvalue weighted by Crippen LogP contribution is -2.16. The van der Waals surface area contributed by atoms with Crippen LogP contribution in [0.4, 0.5) is 14.5 Å². The summed E-state index contributed by atoms with van der Waals surface area (Å²) in [6.45, 7) is 1.86. The van der Waals surface area contributed by atoms with E-state index in [1.54, 1.807) is 0 Å². The molecule has 8 heteroatoms. The van der Waals surface area contributed by atoms with Gasteiger partial charge in [-0.2, -0.15) is 0 Å². The monoisotopic (exact) mass is 325 g/mol. The zero-order chi connectivity index (χ0) is 16.1. The van der Waals surface area contributed by atoms with Crippen molar-refractivity contribution in [3.05, 3.63) is 51.9 Å². The van der Waals surface area contributed by atoms with Crippen LogP contribution in [0.25, 0.3) is 0 Å². The molecule has 0 spiro atoms. The molecule has 0 saturated carbocycles. The Labute approximate surface area is 129 Å². The maximum absolute atomic E-state index is 13.4. The molecule has 5 nitrogen and oxygen atoms in total. The summed E-state index contributed by atoms with van der Waals surface area (Å²) in [4.78, 5) is 29.8. The van der Waals surface area contributed by atoms with E-state index in [1.165, 1.54) is 6.07 Å². The zero-order valence-electron chi connectivity index (χ0n) is 11.7. The molecule has 2 N–H and O–H groups in total. The van der Waals surface area contributed by atoms with E-state index in [4.69, 9.17) is 0 Å². The molecule has 22 heavy (non-hydrogen) atoms. The Morgan fingerprint density at radius 1 is 1.36 bits per heavy atom. The molecule has 0 fully saturated rings. The van der Waals surface area contributed by atoms with Gasteiger partial charge in [0.2, 0.25) is 5.91 Å². The number of halogens is 2. The van der Waals surface area contributed by atoms with Crippen LogP contribution >= 0.6 is 11.8 Å². The summed E-state index contributed by atoms with van der Waals surface area (Å²) in [6, 6.07) is 4.27. The number of anilines is 1. The second-order valence-corrected chi connectivity index (χ2v) is 5.32. The van der Waals surface area contributed by atoms with E-state index in [9.17, 15) is 18.4 Å². The number of rotatable bonds is 5. The number of nitrogens with one attached hydrogen (secondary N) is 2. The van der Waals surface area contributed by atoms with E-state index < -0.39 is 17.5 Å². The lowest BCUT2D eigenvalue weighted by molar-refractivity contribution is -0.113. The number of H-pyrrole nitrogens is 1. The molecule has 0 radical (unpaired) electrons. The largest absolute Gasteiger partial charge is 0.323 e. The highest BCUT2D eigenvalue weighted by Crippen LogP contribution is 2.16. The predicted molar refractivity (Wildman–Crippen MR) is 79.9 cm³/mol. The third kappa shape index (κ3) is 4.39. The van der Waals surface area contributed by atoms with Crippen LogP contribution in [0, 0.1) is 11.6 Å². The van der Waals surface area contributed by atoms with E-state index in [0.717, 1.165) is 23.9 Å². The van der Waals surface area contributed by atoms with Crippen LogP contribution in [0.2, 0.25) is 0 Å². The van der Waals surface area contributed by atoms with Crippen LogP contribution in [0.1, 0.15) is 12.6 Å². The molecule has 0 unspecified atom stereocenters. The van der Waals surface area contributed by atoms with Gasteiger partial charge in [0.15, 0.2) is 5.16 Å². The van der Waals surface area contributed by atoms with E-state index >= 15 is 0 Å². The van der Waals surface area contributed by atoms with Gasteiger partial charge in [-0.3, -0.25) is 9.59 Å². The Morgan fingerprint density at radius 2 is 2.14 bits per heavy atom. The van der Waals surface area contributed by atoms with Crippen LogP contribution in [-0.4, -0.2) is 21.6 Å². The van der Waals surface area contributed by atoms with Crippen molar-refractivity contribution in [2.75, 3.05) is 11.1 Å². The molecule has 1 amide bonds. The van der Waals surface area contributed by atoms with Gasteiger partial charge in [-0.25, -0.2) is 13.8 Å². The summed E-state index contributed by atoms with van der Waals surface area (Å²) in [7, 11) is 0. The Kier molecular flexibility index (Phi) is 5.26. The molecule has 0 saturated heterocycles. The van der Waals surface area contributed by atoms with Gasteiger partial charge in [-0.05, 0) is 18.6 Å². The van der Waals surface area contributed by atoms with Gasteiger partial charge >= 0.3 is 0 Å². The van der Waals surface area contributed by atoms with Crippen LogP contribution in [-0.2, 0) is 11.2 Å². The van der Waals surface area contributed by atoms with Gasteiger partial charge < -0.3 is 10.3 Å². The van der Waals surface area contributed by atoms with Gasteiger partial charge in [0.25, 0.3) is 5.56 Å². The minimum atomic E-state index is -0.849. The molecule has 1 aromatic carbocycles. The standard InChI is InChI=1S/C14H13F2N3O2S/c1-2-9-6-12(20)19-14(17-9)22-7-13(21)18-11-4-3-8(15)5-10(11)16/h3-6H,2,7H2,1H3,(H,18,21)(H,17,19,20). The number of benzene rings is 1. The SMILES string of the molecule is CCc1cc(=O)[nH]c(SCC(=O)Nc2ccc(F)cc2F)n1. The first-order chi connectivity index (χ1) is 10.5. The number of amides is 1. The Balaban J connectivity index is 1.98. The fourth-order valence-electron chi connectivity index (χ4n) is 1.64. The molecular formula is C14H13F2N3O2S. The Hall–Kier alpha value is -2.22. The van der Waals surface area contributed by atoms with Crippen molar-refractivity contribution >= 4 is 23.4 Å². The zero-order valence-corrected chi connectivity index (χ0v) is 12.5. The molecular weight excluding hydrogens is 312 g/mol. The maximum Gasteiger partial charge on any atom is 0.251 e. The number of aromatic amines is 1. The Bertz CT molecular complexity index is 749. The number of hydrogen-bond donors (Lipinski definition) is 2. The summed E-state index contributed by atoms with van der Waals surface area (Å²) in [6.07, 6.45) is 0.602. The van der Waals surface area contributed by atoms with Crippen molar-refractivity contribution < 1.29 is 13.6 Å². The molecule has 2 rings (SSSR count). The summed E-state index contributed by atoms with van der Waals surface area (Å²) in [5.74, 6) is -2.12. The highest BCUT2D eigenvalue weighted by molar-refractivity contribution is 7.99.